The van der Waals surface area contributed by atoms with Crippen molar-refractivity contribution in [1.29, 1.82) is 0 Å². The van der Waals surface area contributed by atoms with Crippen LogP contribution in [-0.4, -0.2) is 5.78 Å². The van der Waals surface area contributed by atoms with E-state index in [0.717, 1.165) is 43.4 Å². The van der Waals surface area contributed by atoms with E-state index in [1.807, 2.05) is 0 Å². The van der Waals surface area contributed by atoms with Crippen molar-refractivity contribution in [3.8, 4) is 0 Å². The van der Waals surface area contributed by atoms with E-state index in [-0.39, 0.29) is 11.7 Å². The number of hydrogen-bond acceptors (Lipinski definition) is 1. The average molecular weight is 298 g/mol. The SMILES string of the molecule is CCCC1CCC(=O)C(Cc2ccc(C(F)(F)F)cc2)C1. The third kappa shape index (κ3) is 4.32. The first kappa shape index (κ1) is 16.1. The Bertz CT molecular complexity index is 476. The molecule has 0 aliphatic heterocycles. The van der Waals surface area contributed by atoms with Crippen LogP contribution >= 0.6 is 0 Å². The average Bonchev–Trinajstić information content (AvgIpc) is 2.42. The second-order valence-electron chi connectivity index (χ2n) is 5.99. The van der Waals surface area contributed by atoms with Crippen molar-refractivity contribution in [3.05, 3.63) is 35.4 Å². The van der Waals surface area contributed by atoms with Gasteiger partial charge < -0.3 is 0 Å². The summed E-state index contributed by atoms with van der Waals surface area (Å²) in [5.41, 5.74) is 0.184. The van der Waals surface area contributed by atoms with E-state index in [9.17, 15) is 18.0 Å². The van der Waals surface area contributed by atoms with E-state index in [1.54, 1.807) is 0 Å². The Balaban J connectivity index is 2.01. The zero-order chi connectivity index (χ0) is 15.5. The number of hydrogen-bond donors (Lipinski definition) is 0. The van der Waals surface area contributed by atoms with Gasteiger partial charge in [0.05, 0.1) is 5.56 Å². The molecular formula is C17H21F3O. The number of alkyl halides is 3. The lowest BCUT2D eigenvalue weighted by molar-refractivity contribution is -0.137. The fourth-order valence-electron chi connectivity index (χ4n) is 3.18. The third-order valence-corrected chi connectivity index (χ3v) is 4.33. The highest BCUT2D eigenvalue weighted by Gasteiger charge is 2.31. The van der Waals surface area contributed by atoms with E-state index in [0.29, 0.717) is 18.8 Å². The summed E-state index contributed by atoms with van der Waals surface area (Å²) in [6, 6.07) is 5.21. The molecule has 1 aliphatic carbocycles. The summed E-state index contributed by atoms with van der Waals surface area (Å²) < 4.78 is 37.6. The minimum atomic E-state index is -4.30. The first-order chi connectivity index (χ1) is 9.90. The Hall–Kier alpha value is -1.32. The normalized spacial score (nSPS) is 23.3. The molecule has 0 amide bonds. The van der Waals surface area contributed by atoms with E-state index in [4.69, 9.17) is 0 Å². The minimum absolute atomic E-state index is 0.0213. The fourth-order valence-corrected chi connectivity index (χ4v) is 3.18. The van der Waals surface area contributed by atoms with Gasteiger partial charge in [0.25, 0.3) is 0 Å². The van der Waals surface area contributed by atoms with Crippen LogP contribution in [0.3, 0.4) is 0 Å². The Kier molecular flexibility index (Phi) is 5.07. The molecule has 4 heteroatoms. The first-order valence-electron chi connectivity index (χ1n) is 7.59. The van der Waals surface area contributed by atoms with Gasteiger partial charge in [0.1, 0.15) is 5.78 Å². The molecule has 1 aromatic rings. The molecule has 0 bridgehead atoms. The molecule has 1 nitrogen and oxygen atoms in total. The van der Waals surface area contributed by atoms with Crippen LogP contribution in [0.5, 0.6) is 0 Å². The van der Waals surface area contributed by atoms with Crippen molar-refractivity contribution in [3.63, 3.8) is 0 Å². The molecule has 0 aromatic heterocycles. The summed E-state index contributed by atoms with van der Waals surface area (Å²) in [6.07, 6.45) is 0.991. The molecule has 1 aromatic carbocycles. The minimum Gasteiger partial charge on any atom is -0.299 e. The fraction of sp³-hybridized carbons (Fsp3) is 0.588. The zero-order valence-electron chi connectivity index (χ0n) is 12.2. The highest BCUT2D eigenvalue weighted by Crippen LogP contribution is 2.33. The summed E-state index contributed by atoms with van der Waals surface area (Å²) in [5.74, 6) is 0.835. The van der Waals surface area contributed by atoms with Crippen LogP contribution in [0, 0.1) is 11.8 Å². The first-order valence-corrected chi connectivity index (χ1v) is 7.59. The Labute approximate surface area is 123 Å². The van der Waals surface area contributed by atoms with E-state index in [2.05, 4.69) is 6.92 Å². The standard InChI is InChI=1S/C17H21F3O/c1-2-3-12-6-9-16(21)14(10-12)11-13-4-7-15(8-5-13)17(18,19)20/h4-5,7-8,12,14H,2-3,6,9-11H2,1H3. The number of benzene rings is 1. The molecule has 0 radical (unpaired) electrons. The van der Waals surface area contributed by atoms with Crippen LogP contribution in [0.2, 0.25) is 0 Å². The van der Waals surface area contributed by atoms with Crippen molar-refractivity contribution in [2.45, 2.75) is 51.6 Å². The maximum absolute atomic E-state index is 12.5. The van der Waals surface area contributed by atoms with E-state index in [1.165, 1.54) is 12.1 Å². The number of carbonyl (C=O) groups excluding carboxylic acids is 1. The van der Waals surface area contributed by atoms with Crippen molar-refractivity contribution >= 4 is 5.78 Å². The summed E-state index contributed by atoms with van der Waals surface area (Å²) in [7, 11) is 0. The monoisotopic (exact) mass is 298 g/mol. The molecule has 1 aliphatic rings. The zero-order valence-corrected chi connectivity index (χ0v) is 12.2. The van der Waals surface area contributed by atoms with Crippen molar-refractivity contribution in [2.24, 2.45) is 11.8 Å². The van der Waals surface area contributed by atoms with Gasteiger partial charge in [-0.3, -0.25) is 4.79 Å². The molecule has 2 unspecified atom stereocenters. The molecule has 0 spiro atoms. The van der Waals surface area contributed by atoms with Gasteiger partial charge >= 0.3 is 6.18 Å². The van der Waals surface area contributed by atoms with Crippen LogP contribution in [0.4, 0.5) is 13.2 Å². The molecule has 2 atom stereocenters. The predicted molar refractivity (Wildman–Crippen MR) is 75.9 cm³/mol. The molecule has 0 heterocycles. The molecule has 1 saturated carbocycles. The summed E-state index contributed by atoms with van der Waals surface area (Å²) in [4.78, 5) is 12.0. The predicted octanol–water partition coefficient (Wildman–Crippen LogP) is 5.03. The number of carbonyl (C=O) groups is 1. The van der Waals surface area contributed by atoms with Crippen molar-refractivity contribution < 1.29 is 18.0 Å². The smallest absolute Gasteiger partial charge is 0.299 e. The molecule has 1 fully saturated rings. The highest BCUT2D eigenvalue weighted by atomic mass is 19.4. The van der Waals surface area contributed by atoms with Gasteiger partial charge in [-0.05, 0) is 42.9 Å². The van der Waals surface area contributed by atoms with Crippen molar-refractivity contribution in [2.75, 3.05) is 0 Å². The number of Topliss-reactive ketones (excluding diaryl/α,β-unsaturated/α-hetero) is 1. The molecular weight excluding hydrogens is 277 g/mol. The van der Waals surface area contributed by atoms with Gasteiger partial charge in [-0.1, -0.05) is 31.9 Å². The maximum atomic E-state index is 12.5. The summed E-state index contributed by atoms with van der Waals surface area (Å²) in [6.45, 7) is 2.14. The van der Waals surface area contributed by atoms with E-state index < -0.39 is 11.7 Å². The summed E-state index contributed by atoms with van der Waals surface area (Å²) >= 11 is 0. The third-order valence-electron chi connectivity index (χ3n) is 4.33. The molecule has 0 saturated heterocycles. The van der Waals surface area contributed by atoms with E-state index >= 15 is 0 Å². The van der Waals surface area contributed by atoms with Crippen LogP contribution in [0.1, 0.15) is 50.2 Å². The van der Waals surface area contributed by atoms with Gasteiger partial charge in [-0.2, -0.15) is 13.2 Å². The summed E-state index contributed by atoms with van der Waals surface area (Å²) in [5, 5.41) is 0. The topological polar surface area (TPSA) is 17.1 Å². The Morgan fingerprint density at radius 2 is 1.86 bits per heavy atom. The van der Waals surface area contributed by atoms with Crippen LogP contribution < -0.4 is 0 Å². The van der Waals surface area contributed by atoms with Gasteiger partial charge in [0.2, 0.25) is 0 Å². The second kappa shape index (κ2) is 6.63. The van der Waals surface area contributed by atoms with Crippen LogP contribution in [-0.2, 0) is 17.4 Å². The number of halogens is 3. The largest absolute Gasteiger partial charge is 0.416 e. The lowest BCUT2D eigenvalue weighted by Gasteiger charge is -2.28. The van der Waals surface area contributed by atoms with Crippen LogP contribution in [0.15, 0.2) is 24.3 Å². The molecule has 21 heavy (non-hydrogen) atoms. The van der Waals surface area contributed by atoms with Gasteiger partial charge in [-0.25, -0.2) is 0 Å². The Morgan fingerprint density at radius 1 is 1.19 bits per heavy atom. The number of rotatable bonds is 4. The molecule has 0 N–H and O–H groups in total. The van der Waals surface area contributed by atoms with Gasteiger partial charge in [-0.15, -0.1) is 0 Å². The lowest BCUT2D eigenvalue weighted by Crippen LogP contribution is -2.26. The Morgan fingerprint density at radius 3 is 2.43 bits per heavy atom. The van der Waals surface area contributed by atoms with Crippen molar-refractivity contribution in [1.82, 2.24) is 0 Å². The van der Waals surface area contributed by atoms with Gasteiger partial charge in [0.15, 0.2) is 0 Å². The van der Waals surface area contributed by atoms with Gasteiger partial charge in [0, 0.05) is 12.3 Å². The van der Waals surface area contributed by atoms with Crippen LogP contribution in [0.25, 0.3) is 0 Å². The highest BCUT2D eigenvalue weighted by molar-refractivity contribution is 5.82. The maximum Gasteiger partial charge on any atom is 0.416 e. The number of ketones is 1. The quantitative estimate of drug-likeness (QED) is 0.761. The molecule has 116 valence electrons. The lowest BCUT2D eigenvalue weighted by atomic mass is 9.76. The second-order valence-corrected chi connectivity index (χ2v) is 5.99. The molecule has 2 rings (SSSR count).